The van der Waals surface area contributed by atoms with Crippen LogP contribution in [0.5, 0.6) is 11.5 Å². The van der Waals surface area contributed by atoms with E-state index in [0.29, 0.717) is 50.4 Å². The Morgan fingerprint density at radius 3 is 2.10 bits per heavy atom. The molecule has 6 heteroatoms. The number of hydrogen-bond acceptors (Lipinski definition) is 5. The molecule has 2 rings (SSSR count). The molecule has 0 aromatic heterocycles. The molecule has 30 heavy (non-hydrogen) atoms. The summed E-state index contributed by atoms with van der Waals surface area (Å²) in [6, 6.07) is 7.03. The van der Waals surface area contributed by atoms with Gasteiger partial charge in [0.15, 0.2) is 0 Å². The zero-order valence-electron chi connectivity index (χ0n) is 17.5. The second-order valence-electron chi connectivity index (χ2n) is 7.56. The summed E-state index contributed by atoms with van der Waals surface area (Å²) in [6.45, 7) is 8.59. The molecule has 0 aliphatic heterocycles. The fourth-order valence-corrected chi connectivity index (χ4v) is 3.39. The van der Waals surface area contributed by atoms with Gasteiger partial charge in [-0.3, -0.25) is 9.59 Å². The smallest absolute Gasteiger partial charge is 0.314 e. The van der Waals surface area contributed by atoms with Crippen LogP contribution in [0, 0.1) is 11.8 Å². The minimum atomic E-state index is -0.777. The maximum absolute atomic E-state index is 12.3. The van der Waals surface area contributed by atoms with Crippen LogP contribution in [-0.4, -0.2) is 30.3 Å². The highest BCUT2D eigenvalue weighted by atomic mass is 16.5. The maximum atomic E-state index is 12.3. The number of esters is 1. The number of allylic oxidation sites excluding steroid dienone is 1. The molecule has 164 valence electrons. The van der Waals surface area contributed by atoms with Crippen LogP contribution in [0.2, 0.25) is 0 Å². The van der Waals surface area contributed by atoms with Gasteiger partial charge in [0.2, 0.25) is 0 Å². The van der Waals surface area contributed by atoms with Crippen molar-refractivity contribution in [3.63, 3.8) is 0 Å². The average Bonchev–Trinajstić information content (AvgIpc) is 2.76. The normalized spacial score (nSPS) is 18.3. The monoisotopic (exact) mass is 416 g/mol. The van der Waals surface area contributed by atoms with Crippen molar-refractivity contribution in [1.29, 1.82) is 0 Å². The predicted molar refractivity (Wildman–Crippen MR) is 114 cm³/mol. The SMILES string of the molecule is C=CC(=C)OCCCCCCOc1ccc(OC(=O)C2CCC(C(=O)O)CC2)cc1. The number of benzene rings is 1. The summed E-state index contributed by atoms with van der Waals surface area (Å²) in [4.78, 5) is 23.3. The van der Waals surface area contributed by atoms with E-state index in [0.717, 1.165) is 31.4 Å². The van der Waals surface area contributed by atoms with Crippen LogP contribution in [0.25, 0.3) is 0 Å². The second-order valence-corrected chi connectivity index (χ2v) is 7.56. The zero-order chi connectivity index (χ0) is 21.8. The lowest BCUT2D eigenvalue weighted by molar-refractivity contribution is -0.146. The highest BCUT2D eigenvalue weighted by Crippen LogP contribution is 2.30. The third-order valence-corrected chi connectivity index (χ3v) is 5.27. The molecule has 0 bridgehead atoms. The Morgan fingerprint density at radius 1 is 0.933 bits per heavy atom. The van der Waals surface area contributed by atoms with E-state index in [-0.39, 0.29) is 17.8 Å². The number of carboxylic acids is 1. The largest absolute Gasteiger partial charge is 0.494 e. The summed E-state index contributed by atoms with van der Waals surface area (Å²) >= 11 is 0. The van der Waals surface area contributed by atoms with Gasteiger partial charge in [0.05, 0.1) is 25.0 Å². The first kappa shape index (κ1) is 23.5. The van der Waals surface area contributed by atoms with E-state index in [1.807, 2.05) is 0 Å². The molecule has 0 atom stereocenters. The van der Waals surface area contributed by atoms with Crippen LogP contribution in [0.4, 0.5) is 0 Å². The molecule has 1 aromatic rings. The molecule has 0 saturated heterocycles. The van der Waals surface area contributed by atoms with E-state index < -0.39 is 5.97 Å². The topological polar surface area (TPSA) is 82.1 Å². The van der Waals surface area contributed by atoms with Gasteiger partial charge in [-0.1, -0.05) is 13.2 Å². The Balaban J connectivity index is 1.59. The van der Waals surface area contributed by atoms with E-state index in [4.69, 9.17) is 19.3 Å². The third kappa shape index (κ3) is 8.31. The molecule has 1 aliphatic carbocycles. The molecule has 0 unspecified atom stereocenters. The lowest BCUT2D eigenvalue weighted by atomic mass is 9.82. The lowest BCUT2D eigenvalue weighted by Crippen LogP contribution is -2.28. The van der Waals surface area contributed by atoms with Gasteiger partial charge in [-0.05, 0) is 81.7 Å². The summed E-state index contributed by atoms with van der Waals surface area (Å²) in [5.74, 6) is 0.205. The van der Waals surface area contributed by atoms with E-state index >= 15 is 0 Å². The van der Waals surface area contributed by atoms with Crippen LogP contribution in [-0.2, 0) is 14.3 Å². The summed E-state index contributed by atoms with van der Waals surface area (Å²) in [5.41, 5.74) is 0. The fourth-order valence-electron chi connectivity index (χ4n) is 3.39. The molecule has 0 heterocycles. The van der Waals surface area contributed by atoms with Crippen LogP contribution in [0.15, 0.2) is 49.3 Å². The van der Waals surface area contributed by atoms with Gasteiger partial charge >= 0.3 is 11.9 Å². The van der Waals surface area contributed by atoms with Gasteiger partial charge in [-0.15, -0.1) is 0 Å². The predicted octanol–water partition coefficient (Wildman–Crippen LogP) is 5.14. The summed E-state index contributed by atoms with van der Waals surface area (Å²) in [7, 11) is 0. The summed E-state index contributed by atoms with van der Waals surface area (Å²) in [5, 5.41) is 9.04. The molecule has 0 spiro atoms. The van der Waals surface area contributed by atoms with Crippen molar-refractivity contribution >= 4 is 11.9 Å². The van der Waals surface area contributed by atoms with Crippen molar-refractivity contribution in [2.24, 2.45) is 11.8 Å². The number of ether oxygens (including phenoxy) is 3. The Hall–Kier alpha value is -2.76. The molecule has 1 saturated carbocycles. The van der Waals surface area contributed by atoms with Gasteiger partial charge in [-0.2, -0.15) is 0 Å². The standard InChI is InChI=1S/C24H32O6/c1-3-18(2)28-16-6-4-5-7-17-29-21-12-14-22(15-13-21)30-24(27)20-10-8-19(9-11-20)23(25)26/h3,12-15,19-20H,1-2,4-11,16-17H2,(H,25,26). The van der Waals surface area contributed by atoms with E-state index in [2.05, 4.69) is 13.2 Å². The molecular formula is C24H32O6. The average molecular weight is 417 g/mol. The van der Waals surface area contributed by atoms with Crippen LogP contribution >= 0.6 is 0 Å². The molecule has 1 fully saturated rings. The second kappa shape index (κ2) is 12.7. The maximum Gasteiger partial charge on any atom is 0.314 e. The third-order valence-electron chi connectivity index (χ3n) is 5.27. The molecule has 0 amide bonds. The van der Waals surface area contributed by atoms with Crippen molar-refractivity contribution in [2.75, 3.05) is 13.2 Å². The first-order valence-electron chi connectivity index (χ1n) is 10.6. The lowest BCUT2D eigenvalue weighted by Gasteiger charge is -2.24. The van der Waals surface area contributed by atoms with Crippen molar-refractivity contribution in [1.82, 2.24) is 0 Å². The van der Waals surface area contributed by atoms with Crippen molar-refractivity contribution in [3.8, 4) is 11.5 Å². The number of hydrogen-bond donors (Lipinski definition) is 1. The fraction of sp³-hybridized carbons (Fsp3) is 0.500. The number of rotatable bonds is 13. The molecule has 1 N–H and O–H groups in total. The van der Waals surface area contributed by atoms with Gasteiger partial charge in [-0.25, -0.2) is 0 Å². The molecule has 1 aromatic carbocycles. The minimum Gasteiger partial charge on any atom is -0.494 e. The minimum absolute atomic E-state index is 0.225. The van der Waals surface area contributed by atoms with Gasteiger partial charge in [0.1, 0.15) is 17.3 Å². The van der Waals surface area contributed by atoms with Crippen molar-refractivity contribution < 1.29 is 28.9 Å². The number of aliphatic carboxylic acids is 1. The number of unbranched alkanes of at least 4 members (excludes halogenated alkanes) is 3. The van der Waals surface area contributed by atoms with Crippen LogP contribution < -0.4 is 9.47 Å². The van der Waals surface area contributed by atoms with Gasteiger partial charge in [0.25, 0.3) is 0 Å². The summed E-state index contributed by atoms with van der Waals surface area (Å²) in [6.07, 6.45) is 7.84. The van der Waals surface area contributed by atoms with Crippen molar-refractivity contribution in [3.05, 3.63) is 49.3 Å². The van der Waals surface area contributed by atoms with Crippen molar-refractivity contribution in [2.45, 2.75) is 51.4 Å². The quantitative estimate of drug-likeness (QED) is 0.158. The number of carboxylic acid groups (broad SMARTS) is 1. The van der Waals surface area contributed by atoms with E-state index in [1.54, 1.807) is 30.3 Å². The molecular weight excluding hydrogens is 384 g/mol. The highest BCUT2D eigenvalue weighted by Gasteiger charge is 2.30. The van der Waals surface area contributed by atoms with Gasteiger partial charge < -0.3 is 19.3 Å². The highest BCUT2D eigenvalue weighted by molar-refractivity contribution is 5.76. The first-order chi connectivity index (χ1) is 14.5. The first-order valence-corrected chi connectivity index (χ1v) is 10.6. The van der Waals surface area contributed by atoms with Crippen LogP contribution in [0.1, 0.15) is 51.4 Å². The Morgan fingerprint density at radius 2 is 1.50 bits per heavy atom. The Bertz CT molecular complexity index is 701. The van der Waals surface area contributed by atoms with Crippen LogP contribution in [0.3, 0.4) is 0 Å². The molecule has 6 nitrogen and oxygen atoms in total. The molecule has 0 radical (unpaired) electrons. The Labute approximate surface area is 178 Å². The van der Waals surface area contributed by atoms with E-state index in [1.165, 1.54) is 0 Å². The van der Waals surface area contributed by atoms with Gasteiger partial charge in [0, 0.05) is 0 Å². The van der Waals surface area contributed by atoms with E-state index in [9.17, 15) is 9.59 Å². The zero-order valence-corrected chi connectivity index (χ0v) is 17.5. The number of carbonyl (C=O) groups is 2. The summed E-state index contributed by atoms with van der Waals surface area (Å²) < 4.78 is 16.5. The Kier molecular flexibility index (Phi) is 9.98. The number of carbonyl (C=O) groups excluding carboxylic acids is 1. The molecule has 1 aliphatic rings.